The van der Waals surface area contributed by atoms with Crippen LogP contribution in [0.4, 0.5) is 13.2 Å². The monoisotopic (exact) mass is 602 g/mol. The third-order valence-electron chi connectivity index (χ3n) is 5.98. The Hall–Kier alpha value is -4.34. The number of rotatable bonds is 9. The standard InChI is InChI=1S/C26H29F3N2O11/c1-11-8-17(36)7-6-16(11)9-18-23(26(27,28)29)30-31-24(18)42-25-22(40-15(5)35)21(39-14(4)34)20(38-13(3)33)19(41-25)10-37-12(2)32/h6-8,19-22,25,36H,9-10H2,1-5H3,(H,30,31)/t19-,20+,21+,22-,25?/m1/s1. The molecule has 2 N–H and O–H groups in total. The molecule has 3 rings (SSSR count). The maximum absolute atomic E-state index is 14.0. The van der Waals surface area contributed by atoms with Gasteiger partial charge in [0.25, 0.3) is 0 Å². The molecule has 1 unspecified atom stereocenters. The van der Waals surface area contributed by atoms with Crippen LogP contribution in [0.1, 0.15) is 50.1 Å². The molecule has 16 heteroatoms. The molecule has 0 saturated carbocycles. The van der Waals surface area contributed by atoms with Crippen LogP contribution in [0, 0.1) is 6.92 Å². The number of benzene rings is 1. The molecular formula is C26H29F3N2O11. The lowest BCUT2D eigenvalue weighted by atomic mass is 9.98. The van der Waals surface area contributed by atoms with Gasteiger partial charge in [-0.05, 0) is 30.2 Å². The highest BCUT2D eigenvalue weighted by atomic mass is 19.4. The zero-order valence-electron chi connectivity index (χ0n) is 23.1. The van der Waals surface area contributed by atoms with Gasteiger partial charge in [-0.3, -0.25) is 24.3 Å². The van der Waals surface area contributed by atoms with Gasteiger partial charge in [0, 0.05) is 34.1 Å². The second-order valence-electron chi connectivity index (χ2n) is 9.35. The summed E-state index contributed by atoms with van der Waals surface area (Å²) in [4.78, 5) is 47.4. The maximum atomic E-state index is 14.0. The van der Waals surface area contributed by atoms with Crippen LogP contribution in [0.25, 0.3) is 0 Å². The van der Waals surface area contributed by atoms with Gasteiger partial charge in [0.05, 0.1) is 5.56 Å². The van der Waals surface area contributed by atoms with Gasteiger partial charge in [-0.15, -0.1) is 5.10 Å². The largest absolute Gasteiger partial charge is 0.508 e. The van der Waals surface area contributed by atoms with Crippen LogP contribution in [0.2, 0.25) is 0 Å². The predicted molar refractivity (Wildman–Crippen MR) is 132 cm³/mol. The first-order valence-electron chi connectivity index (χ1n) is 12.5. The van der Waals surface area contributed by atoms with E-state index in [4.69, 9.17) is 28.4 Å². The van der Waals surface area contributed by atoms with E-state index in [1.165, 1.54) is 18.2 Å². The number of carbonyl (C=O) groups is 4. The number of aromatic hydroxyl groups is 1. The fourth-order valence-corrected chi connectivity index (χ4v) is 4.31. The topological polar surface area (TPSA) is 173 Å². The van der Waals surface area contributed by atoms with Gasteiger partial charge in [0.15, 0.2) is 12.2 Å². The Bertz CT molecular complexity index is 1330. The van der Waals surface area contributed by atoms with E-state index in [1.807, 2.05) is 5.10 Å². The number of aryl methyl sites for hydroxylation is 1. The quantitative estimate of drug-likeness (QED) is 0.318. The number of phenolic OH excluding ortho intramolecular Hbond substituents is 1. The van der Waals surface area contributed by atoms with Crippen LogP contribution in [0.5, 0.6) is 11.6 Å². The number of carbonyl (C=O) groups excluding carboxylic acids is 4. The third kappa shape index (κ3) is 8.11. The normalized spacial score (nSPS) is 22.1. The van der Waals surface area contributed by atoms with E-state index < -0.39 is 84.5 Å². The zero-order valence-corrected chi connectivity index (χ0v) is 23.1. The molecule has 1 aromatic heterocycles. The molecule has 1 aliphatic heterocycles. The number of aromatic nitrogens is 2. The van der Waals surface area contributed by atoms with Crippen LogP contribution in [-0.2, 0) is 55.5 Å². The minimum atomic E-state index is -4.89. The second-order valence-corrected chi connectivity index (χ2v) is 9.35. The van der Waals surface area contributed by atoms with Crippen LogP contribution < -0.4 is 4.74 Å². The Morgan fingerprint density at radius 2 is 1.55 bits per heavy atom. The summed E-state index contributed by atoms with van der Waals surface area (Å²) in [5.41, 5.74) is -0.826. The van der Waals surface area contributed by atoms with Crippen molar-refractivity contribution in [3.05, 3.63) is 40.6 Å². The smallest absolute Gasteiger partial charge is 0.433 e. The van der Waals surface area contributed by atoms with Crippen LogP contribution in [0.3, 0.4) is 0 Å². The molecule has 0 bridgehead atoms. The number of aromatic amines is 1. The SMILES string of the molecule is CC(=O)OC[C@H]1OC(Oc2n[nH]c(C(F)(F)F)c2Cc2ccc(O)cc2C)[C@H](OC(C)=O)[C@@H](OC(C)=O)[C@H]1OC(C)=O. The number of ether oxygens (including phenoxy) is 6. The molecule has 1 aromatic carbocycles. The third-order valence-corrected chi connectivity index (χ3v) is 5.98. The molecule has 2 aromatic rings. The van der Waals surface area contributed by atoms with E-state index in [9.17, 15) is 37.5 Å². The summed E-state index contributed by atoms with van der Waals surface area (Å²) in [5.74, 6) is -4.12. The minimum Gasteiger partial charge on any atom is -0.508 e. The van der Waals surface area contributed by atoms with Crippen molar-refractivity contribution < 1.29 is 65.9 Å². The van der Waals surface area contributed by atoms with E-state index in [0.29, 0.717) is 11.1 Å². The van der Waals surface area contributed by atoms with Crippen molar-refractivity contribution in [3.63, 3.8) is 0 Å². The maximum Gasteiger partial charge on any atom is 0.433 e. The average molecular weight is 603 g/mol. The van der Waals surface area contributed by atoms with Gasteiger partial charge in [0.2, 0.25) is 18.3 Å². The number of halogens is 3. The average Bonchev–Trinajstić information content (AvgIpc) is 3.25. The van der Waals surface area contributed by atoms with Crippen LogP contribution >= 0.6 is 0 Å². The molecule has 230 valence electrons. The fraction of sp³-hybridized carbons (Fsp3) is 0.500. The molecule has 1 aliphatic rings. The van der Waals surface area contributed by atoms with Crippen molar-refractivity contribution in [2.24, 2.45) is 0 Å². The van der Waals surface area contributed by atoms with Gasteiger partial charge < -0.3 is 33.5 Å². The minimum absolute atomic E-state index is 0.0894. The molecule has 0 radical (unpaired) electrons. The van der Waals surface area contributed by atoms with Crippen molar-refractivity contribution >= 4 is 23.9 Å². The molecular weight excluding hydrogens is 573 g/mol. The van der Waals surface area contributed by atoms with E-state index in [2.05, 4.69) is 5.10 Å². The zero-order chi connectivity index (χ0) is 31.4. The van der Waals surface area contributed by atoms with Crippen LogP contribution in [0.15, 0.2) is 18.2 Å². The Balaban J connectivity index is 2.10. The molecule has 1 saturated heterocycles. The summed E-state index contributed by atoms with van der Waals surface area (Å²) < 4.78 is 74.3. The Morgan fingerprint density at radius 3 is 2.10 bits per heavy atom. The van der Waals surface area contributed by atoms with E-state index >= 15 is 0 Å². The first-order valence-corrected chi connectivity index (χ1v) is 12.5. The summed E-state index contributed by atoms with van der Waals surface area (Å²) >= 11 is 0. The number of nitrogens with zero attached hydrogens (tertiary/aromatic N) is 1. The van der Waals surface area contributed by atoms with Gasteiger partial charge >= 0.3 is 30.1 Å². The number of nitrogens with one attached hydrogen (secondary N) is 1. The lowest BCUT2D eigenvalue weighted by Gasteiger charge is -2.43. The van der Waals surface area contributed by atoms with Gasteiger partial charge in [-0.1, -0.05) is 6.07 Å². The predicted octanol–water partition coefficient (Wildman–Crippen LogP) is 2.50. The van der Waals surface area contributed by atoms with Crippen molar-refractivity contribution in [2.45, 2.75) is 77.9 Å². The van der Waals surface area contributed by atoms with E-state index in [0.717, 1.165) is 27.7 Å². The van der Waals surface area contributed by atoms with E-state index in [1.54, 1.807) is 6.92 Å². The molecule has 0 spiro atoms. The Morgan fingerprint density at radius 1 is 0.952 bits per heavy atom. The number of esters is 4. The van der Waals surface area contributed by atoms with Crippen molar-refractivity contribution in [1.82, 2.24) is 10.2 Å². The number of phenols is 1. The van der Waals surface area contributed by atoms with Crippen molar-refractivity contribution in [2.75, 3.05) is 6.61 Å². The number of H-pyrrole nitrogens is 1. The lowest BCUT2D eigenvalue weighted by Crippen LogP contribution is -2.63. The highest BCUT2D eigenvalue weighted by molar-refractivity contribution is 5.68. The molecule has 2 heterocycles. The van der Waals surface area contributed by atoms with Gasteiger partial charge in [-0.25, -0.2) is 0 Å². The van der Waals surface area contributed by atoms with Crippen molar-refractivity contribution in [3.8, 4) is 11.6 Å². The molecule has 5 atom stereocenters. The Labute approximate surface area is 237 Å². The second kappa shape index (κ2) is 13.1. The van der Waals surface area contributed by atoms with Gasteiger partial charge in [-0.2, -0.15) is 13.2 Å². The number of alkyl halides is 3. The first-order chi connectivity index (χ1) is 19.6. The molecule has 13 nitrogen and oxygen atoms in total. The highest BCUT2D eigenvalue weighted by Gasteiger charge is 2.54. The number of hydrogen-bond acceptors (Lipinski definition) is 12. The summed E-state index contributed by atoms with van der Waals surface area (Å²) in [6, 6.07) is 4.09. The summed E-state index contributed by atoms with van der Waals surface area (Å²) in [7, 11) is 0. The van der Waals surface area contributed by atoms with Crippen LogP contribution in [-0.4, -0.2) is 76.5 Å². The summed E-state index contributed by atoms with van der Waals surface area (Å²) in [5, 5.41) is 15.3. The molecule has 0 aliphatic carbocycles. The van der Waals surface area contributed by atoms with E-state index in [-0.39, 0.29) is 12.2 Å². The van der Waals surface area contributed by atoms with Crippen molar-refractivity contribution in [1.29, 1.82) is 0 Å². The summed E-state index contributed by atoms with van der Waals surface area (Å²) in [6.07, 6.45) is -13.2. The fourth-order valence-electron chi connectivity index (χ4n) is 4.31. The summed E-state index contributed by atoms with van der Waals surface area (Å²) in [6.45, 7) is 5.17. The first kappa shape index (κ1) is 32.2. The highest BCUT2D eigenvalue weighted by Crippen LogP contribution is 2.38. The van der Waals surface area contributed by atoms with Gasteiger partial charge in [0.1, 0.15) is 24.2 Å². The number of hydrogen-bond donors (Lipinski definition) is 2. The Kier molecular flexibility index (Phi) is 10.0. The molecule has 42 heavy (non-hydrogen) atoms. The molecule has 1 fully saturated rings. The molecule has 0 amide bonds. The lowest BCUT2D eigenvalue weighted by molar-refractivity contribution is -0.289.